The second-order valence-corrected chi connectivity index (χ2v) is 4.26. The number of aliphatic hydroxyl groups is 1. The van der Waals surface area contributed by atoms with Crippen LogP contribution in [-0.2, 0) is 19.3 Å². The Hall–Kier alpha value is -1.55. The zero-order chi connectivity index (χ0) is 11.0. The van der Waals surface area contributed by atoms with Gasteiger partial charge in [0.05, 0.1) is 24.5 Å². The molecule has 16 heavy (non-hydrogen) atoms. The Labute approximate surface area is 93.3 Å². The fourth-order valence-electron chi connectivity index (χ4n) is 2.18. The van der Waals surface area contributed by atoms with Crippen LogP contribution < -0.4 is 0 Å². The maximum atomic E-state index is 9.56. The van der Waals surface area contributed by atoms with E-state index in [4.69, 9.17) is 4.42 Å². The first-order chi connectivity index (χ1) is 7.81. The van der Waals surface area contributed by atoms with E-state index in [2.05, 4.69) is 9.97 Å². The van der Waals surface area contributed by atoms with Crippen LogP contribution in [-0.4, -0.2) is 21.2 Å². The molecule has 2 N–H and O–H groups in total. The molecule has 0 fully saturated rings. The number of imidazole rings is 1. The van der Waals surface area contributed by atoms with Crippen LogP contribution in [0.5, 0.6) is 0 Å². The number of aromatic nitrogens is 2. The van der Waals surface area contributed by atoms with Gasteiger partial charge in [-0.15, -0.1) is 0 Å². The van der Waals surface area contributed by atoms with Gasteiger partial charge in [0.2, 0.25) is 0 Å². The molecule has 0 saturated carbocycles. The van der Waals surface area contributed by atoms with E-state index in [1.807, 2.05) is 12.1 Å². The summed E-state index contributed by atoms with van der Waals surface area (Å²) in [7, 11) is 0. The van der Waals surface area contributed by atoms with Gasteiger partial charge in [-0.1, -0.05) is 0 Å². The van der Waals surface area contributed by atoms with Crippen molar-refractivity contribution < 1.29 is 9.52 Å². The van der Waals surface area contributed by atoms with Crippen LogP contribution in [0.15, 0.2) is 22.8 Å². The maximum absolute atomic E-state index is 9.56. The summed E-state index contributed by atoms with van der Waals surface area (Å²) >= 11 is 0. The molecule has 84 valence electrons. The highest BCUT2D eigenvalue weighted by Gasteiger charge is 2.20. The number of rotatable bonds is 2. The van der Waals surface area contributed by atoms with Gasteiger partial charge >= 0.3 is 0 Å². The molecule has 0 bridgehead atoms. The second kappa shape index (κ2) is 3.79. The Morgan fingerprint density at radius 1 is 1.56 bits per heavy atom. The lowest BCUT2D eigenvalue weighted by atomic mass is 9.99. The van der Waals surface area contributed by atoms with Gasteiger partial charge in [0.1, 0.15) is 11.6 Å². The molecule has 4 nitrogen and oxygen atoms in total. The van der Waals surface area contributed by atoms with Crippen LogP contribution in [0.2, 0.25) is 0 Å². The molecule has 1 unspecified atom stereocenters. The Balaban J connectivity index is 1.82. The quantitative estimate of drug-likeness (QED) is 0.801. The Morgan fingerprint density at radius 2 is 2.50 bits per heavy atom. The third kappa shape index (κ3) is 1.76. The van der Waals surface area contributed by atoms with Crippen molar-refractivity contribution in [3.63, 3.8) is 0 Å². The predicted octanol–water partition coefficient (Wildman–Crippen LogP) is 1.44. The van der Waals surface area contributed by atoms with Crippen molar-refractivity contribution in [2.75, 3.05) is 0 Å². The van der Waals surface area contributed by atoms with E-state index < -0.39 is 0 Å². The van der Waals surface area contributed by atoms with Crippen LogP contribution in [0.1, 0.15) is 29.4 Å². The van der Waals surface area contributed by atoms with Gasteiger partial charge in [0.15, 0.2) is 0 Å². The van der Waals surface area contributed by atoms with Crippen LogP contribution >= 0.6 is 0 Å². The van der Waals surface area contributed by atoms with Gasteiger partial charge in [-0.2, -0.15) is 0 Å². The fourth-order valence-corrected chi connectivity index (χ4v) is 2.18. The minimum absolute atomic E-state index is 0.218. The lowest BCUT2D eigenvalue weighted by Crippen LogP contribution is -2.18. The van der Waals surface area contributed by atoms with Crippen LogP contribution in [0.3, 0.4) is 0 Å². The topological polar surface area (TPSA) is 62.1 Å². The maximum Gasteiger partial charge on any atom is 0.114 e. The summed E-state index contributed by atoms with van der Waals surface area (Å²) in [4.78, 5) is 7.80. The molecular weight excluding hydrogens is 204 g/mol. The lowest BCUT2D eigenvalue weighted by molar-refractivity contribution is 0.157. The molecular formula is C12H14N2O2. The molecule has 1 atom stereocenters. The van der Waals surface area contributed by atoms with Gasteiger partial charge < -0.3 is 14.5 Å². The summed E-state index contributed by atoms with van der Waals surface area (Å²) in [5, 5.41) is 9.56. The van der Waals surface area contributed by atoms with Gasteiger partial charge in [0, 0.05) is 12.1 Å². The number of hydrogen-bond acceptors (Lipinski definition) is 3. The standard InChI is InChI=1S/C12H14N2O2/c15-8-3-4-10-11(6-8)14-12(13-10)7-9-2-1-5-16-9/h1-2,5,8,15H,3-4,6-7H2,(H,13,14). The average Bonchev–Trinajstić information content (AvgIpc) is 2.86. The van der Waals surface area contributed by atoms with Gasteiger partial charge in [0.25, 0.3) is 0 Å². The molecule has 0 aromatic carbocycles. The van der Waals surface area contributed by atoms with E-state index in [0.29, 0.717) is 12.8 Å². The zero-order valence-corrected chi connectivity index (χ0v) is 8.94. The smallest absolute Gasteiger partial charge is 0.114 e. The summed E-state index contributed by atoms with van der Waals surface area (Å²) in [6.45, 7) is 0. The van der Waals surface area contributed by atoms with Crippen LogP contribution in [0, 0.1) is 0 Å². The number of furan rings is 1. The SMILES string of the molecule is OC1CCc2nc(Cc3ccco3)[nH]c2C1. The van der Waals surface area contributed by atoms with Crippen LogP contribution in [0.4, 0.5) is 0 Å². The summed E-state index contributed by atoms with van der Waals surface area (Å²) in [6.07, 6.45) is 4.52. The van der Waals surface area contributed by atoms with E-state index in [1.54, 1.807) is 6.26 Å². The molecule has 0 radical (unpaired) electrons. The normalized spacial score (nSPS) is 19.7. The van der Waals surface area contributed by atoms with Crippen molar-refractivity contribution in [3.05, 3.63) is 41.4 Å². The van der Waals surface area contributed by atoms with E-state index in [9.17, 15) is 5.11 Å². The molecule has 2 heterocycles. The molecule has 0 amide bonds. The van der Waals surface area contributed by atoms with Crippen molar-refractivity contribution in [2.45, 2.75) is 31.8 Å². The Morgan fingerprint density at radius 3 is 3.31 bits per heavy atom. The van der Waals surface area contributed by atoms with Gasteiger partial charge in [-0.3, -0.25) is 0 Å². The molecule has 3 rings (SSSR count). The number of nitrogens with zero attached hydrogens (tertiary/aromatic N) is 1. The molecule has 2 aromatic rings. The first kappa shape index (κ1) is 9.66. The number of aryl methyl sites for hydroxylation is 1. The third-order valence-electron chi connectivity index (χ3n) is 2.99. The summed E-state index contributed by atoms with van der Waals surface area (Å²) in [5.74, 6) is 1.83. The number of aliphatic hydroxyl groups excluding tert-OH is 1. The van der Waals surface area contributed by atoms with Crippen molar-refractivity contribution >= 4 is 0 Å². The number of aromatic amines is 1. The van der Waals surface area contributed by atoms with E-state index in [-0.39, 0.29) is 6.10 Å². The summed E-state index contributed by atoms with van der Waals surface area (Å²) in [5.41, 5.74) is 2.19. The lowest BCUT2D eigenvalue weighted by Gasteiger charge is -2.14. The van der Waals surface area contributed by atoms with Gasteiger partial charge in [-0.05, 0) is 25.0 Å². The summed E-state index contributed by atoms with van der Waals surface area (Å²) < 4.78 is 5.28. The molecule has 4 heteroatoms. The highest BCUT2D eigenvalue weighted by Crippen LogP contribution is 2.20. The predicted molar refractivity (Wildman–Crippen MR) is 58.1 cm³/mol. The minimum atomic E-state index is -0.218. The van der Waals surface area contributed by atoms with E-state index >= 15 is 0 Å². The number of nitrogens with one attached hydrogen (secondary N) is 1. The molecule has 0 saturated heterocycles. The van der Waals surface area contributed by atoms with Crippen molar-refractivity contribution in [1.29, 1.82) is 0 Å². The minimum Gasteiger partial charge on any atom is -0.469 e. The third-order valence-corrected chi connectivity index (χ3v) is 2.99. The van der Waals surface area contributed by atoms with E-state index in [1.165, 1.54) is 0 Å². The average molecular weight is 218 g/mol. The van der Waals surface area contributed by atoms with Crippen molar-refractivity contribution in [1.82, 2.24) is 9.97 Å². The first-order valence-corrected chi connectivity index (χ1v) is 5.58. The fraction of sp³-hybridized carbons (Fsp3) is 0.417. The van der Waals surface area contributed by atoms with Crippen LogP contribution in [0.25, 0.3) is 0 Å². The highest BCUT2D eigenvalue weighted by molar-refractivity contribution is 5.21. The Bertz CT molecular complexity index is 473. The second-order valence-electron chi connectivity index (χ2n) is 4.26. The number of H-pyrrole nitrogens is 1. The molecule has 2 aromatic heterocycles. The van der Waals surface area contributed by atoms with Crippen molar-refractivity contribution in [3.8, 4) is 0 Å². The monoisotopic (exact) mass is 218 g/mol. The number of hydrogen-bond donors (Lipinski definition) is 2. The van der Waals surface area contributed by atoms with E-state index in [0.717, 1.165) is 35.8 Å². The zero-order valence-electron chi connectivity index (χ0n) is 8.94. The van der Waals surface area contributed by atoms with Crippen molar-refractivity contribution in [2.24, 2.45) is 0 Å². The number of fused-ring (bicyclic) bond motifs is 1. The largest absolute Gasteiger partial charge is 0.469 e. The molecule has 0 spiro atoms. The molecule has 0 aliphatic heterocycles. The molecule has 1 aliphatic rings. The Kier molecular flexibility index (Phi) is 2.29. The molecule has 1 aliphatic carbocycles. The summed E-state index contributed by atoms with van der Waals surface area (Å²) in [6, 6.07) is 3.82. The first-order valence-electron chi connectivity index (χ1n) is 5.58. The highest BCUT2D eigenvalue weighted by atomic mass is 16.3. The van der Waals surface area contributed by atoms with Gasteiger partial charge in [-0.25, -0.2) is 4.98 Å².